The second-order valence-electron chi connectivity index (χ2n) is 7.72. The molecule has 0 spiro atoms. The Balaban J connectivity index is 1.36. The number of aryl methyl sites for hydroxylation is 1. The van der Waals surface area contributed by atoms with Gasteiger partial charge in [0.15, 0.2) is 9.84 Å². The molecule has 1 aromatic heterocycles. The summed E-state index contributed by atoms with van der Waals surface area (Å²) >= 11 is 0. The van der Waals surface area contributed by atoms with Crippen LogP contribution in [0.3, 0.4) is 0 Å². The van der Waals surface area contributed by atoms with E-state index in [4.69, 9.17) is 4.98 Å². The number of likely N-dealkylation sites (tertiary alicyclic amines) is 1. The van der Waals surface area contributed by atoms with E-state index in [9.17, 15) is 13.2 Å². The van der Waals surface area contributed by atoms with Crippen molar-refractivity contribution >= 4 is 26.8 Å². The lowest BCUT2D eigenvalue weighted by atomic mass is 9.95. The van der Waals surface area contributed by atoms with Gasteiger partial charge in [-0.3, -0.25) is 4.79 Å². The van der Waals surface area contributed by atoms with Crippen molar-refractivity contribution in [3.05, 3.63) is 29.6 Å². The molecule has 4 rings (SSSR count). The molecule has 140 valence electrons. The summed E-state index contributed by atoms with van der Waals surface area (Å²) in [6.45, 7) is 3.51. The van der Waals surface area contributed by atoms with Crippen molar-refractivity contribution < 1.29 is 13.2 Å². The summed E-state index contributed by atoms with van der Waals surface area (Å²) in [6, 6.07) is 6.15. The number of carbonyl (C=O) groups is 1. The fourth-order valence-electron chi connectivity index (χ4n) is 4.20. The van der Waals surface area contributed by atoms with Gasteiger partial charge >= 0.3 is 0 Å². The monoisotopic (exact) mass is 375 g/mol. The first-order chi connectivity index (χ1) is 12.4. The Kier molecular flexibility index (Phi) is 4.50. The van der Waals surface area contributed by atoms with E-state index in [1.807, 2.05) is 17.0 Å². The highest BCUT2D eigenvalue weighted by molar-refractivity contribution is 7.91. The molecule has 0 bridgehead atoms. The van der Waals surface area contributed by atoms with Crippen LogP contribution in [0.15, 0.2) is 18.2 Å². The number of piperidine rings is 1. The molecule has 1 unspecified atom stereocenters. The first kappa shape index (κ1) is 17.5. The van der Waals surface area contributed by atoms with E-state index < -0.39 is 9.84 Å². The fourth-order valence-corrected chi connectivity index (χ4v) is 6.06. The van der Waals surface area contributed by atoms with Gasteiger partial charge in [-0.1, -0.05) is 12.1 Å². The van der Waals surface area contributed by atoms with Crippen LogP contribution in [0, 0.1) is 12.8 Å². The minimum Gasteiger partial charge on any atom is -0.343 e. The van der Waals surface area contributed by atoms with Crippen LogP contribution in [0.4, 0.5) is 0 Å². The predicted molar refractivity (Wildman–Crippen MR) is 101 cm³/mol. The summed E-state index contributed by atoms with van der Waals surface area (Å²) in [6.07, 6.45) is 2.79. The molecular weight excluding hydrogens is 350 g/mol. The maximum absolute atomic E-state index is 12.5. The zero-order valence-electron chi connectivity index (χ0n) is 15.1. The molecule has 0 radical (unpaired) electrons. The lowest BCUT2D eigenvalue weighted by molar-refractivity contribution is -0.133. The quantitative estimate of drug-likeness (QED) is 0.893. The number of hydrogen-bond donors (Lipinski definition) is 1. The highest BCUT2D eigenvalue weighted by Crippen LogP contribution is 2.30. The minimum absolute atomic E-state index is 0.00331. The SMILES string of the molecule is Cc1cccc2[nH]c(C3CCN(C(=O)CC4CCS(=O)(=O)C4)CC3)nc12. The number of rotatable bonds is 3. The highest BCUT2D eigenvalue weighted by Gasteiger charge is 2.32. The van der Waals surface area contributed by atoms with Crippen molar-refractivity contribution in [2.24, 2.45) is 5.92 Å². The molecule has 1 amide bonds. The first-order valence-corrected chi connectivity index (χ1v) is 11.2. The summed E-state index contributed by atoms with van der Waals surface area (Å²) in [5.74, 6) is 1.88. The first-order valence-electron chi connectivity index (χ1n) is 9.35. The van der Waals surface area contributed by atoms with E-state index in [1.54, 1.807) is 0 Å². The number of hydrogen-bond acceptors (Lipinski definition) is 4. The highest BCUT2D eigenvalue weighted by atomic mass is 32.2. The average molecular weight is 375 g/mol. The number of imidazole rings is 1. The van der Waals surface area contributed by atoms with Gasteiger partial charge in [-0.25, -0.2) is 13.4 Å². The molecule has 2 aliphatic heterocycles. The summed E-state index contributed by atoms with van der Waals surface area (Å²) in [7, 11) is -2.92. The molecule has 0 saturated carbocycles. The van der Waals surface area contributed by atoms with Gasteiger partial charge < -0.3 is 9.88 Å². The van der Waals surface area contributed by atoms with E-state index in [1.165, 1.54) is 5.56 Å². The van der Waals surface area contributed by atoms with Crippen molar-refractivity contribution in [2.75, 3.05) is 24.6 Å². The van der Waals surface area contributed by atoms with Gasteiger partial charge in [0.2, 0.25) is 5.91 Å². The molecule has 0 aliphatic carbocycles. The molecule has 26 heavy (non-hydrogen) atoms. The Morgan fingerprint density at radius 3 is 2.69 bits per heavy atom. The largest absolute Gasteiger partial charge is 0.343 e. The maximum Gasteiger partial charge on any atom is 0.222 e. The van der Waals surface area contributed by atoms with Gasteiger partial charge in [-0.15, -0.1) is 0 Å². The molecule has 3 heterocycles. The number of para-hydroxylation sites is 1. The molecule has 7 heteroatoms. The summed E-state index contributed by atoms with van der Waals surface area (Å²) < 4.78 is 23.1. The van der Waals surface area contributed by atoms with E-state index >= 15 is 0 Å². The number of carbonyl (C=O) groups excluding carboxylic acids is 1. The Labute approximate surface area is 153 Å². The smallest absolute Gasteiger partial charge is 0.222 e. The maximum atomic E-state index is 12.5. The number of nitrogens with one attached hydrogen (secondary N) is 1. The van der Waals surface area contributed by atoms with Crippen LogP contribution in [0.1, 0.15) is 43.0 Å². The van der Waals surface area contributed by atoms with Gasteiger partial charge in [-0.05, 0) is 43.7 Å². The zero-order valence-corrected chi connectivity index (χ0v) is 15.9. The lowest BCUT2D eigenvalue weighted by Gasteiger charge is -2.31. The number of sulfone groups is 1. The molecule has 1 aromatic carbocycles. The van der Waals surface area contributed by atoms with E-state index in [0.717, 1.165) is 42.8 Å². The fraction of sp³-hybridized carbons (Fsp3) is 0.579. The molecule has 1 N–H and O–H groups in total. The van der Waals surface area contributed by atoms with Crippen LogP contribution in [-0.2, 0) is 14.6 Å². The minimum atomic E-state index is -2.92. The Morgan fingerprint density at radius 2 is 2.04 bits per heavy atom. The third-order valence-electron chi connectivity index (χ3n) is 5.76. The standard InChI is InChI=1S/C19H25N3O3S/c1-13-3-2-4-16-18(13)21-19(20-16)15-5-8-22(9-6-15)17(23)11-14-7-10-26(24,25)12-14/h2-4,14-15H,5-12H2,1H3,(H,20,21). The van der Waals surface area contributed by atoms with Gasteiger partial charge in [-0.2, -0.15) is 0 Å². The molecular formula is C19H25N3O3S. The number of nitrogens with zero attached hydrogens (tertiary/aromatic N) is 2. The number of aromatic nitrogens is 2. The molecule has 6 nitrogen and oxygen atoms in total. The Hall–Kier alpha value is -1.89. The number of H-pyrrole nitrogens is 1. The normalized spacial score (nSPS) is 23.6. The van der Waals surface area contributed by atoms with Crippen molar-refractivity contribution in [3.63, 3.8) is 0 Å². The zero-order chi connectivity index (χ0) is 18.3. The third kappa shape index (κ3) is 3.49. The van der Waals surface area contributed by atoms with Gasteiger partial charge in [0.1, 0.15) is 5.82 Å². The molecule has 2 aromatic rings. The van der Waals surface area contributed by atoms with Crippen molar-refractivity contribution in [2.45, 2.75) is 38.5 Å². The van der Waals surface area contributed by atoms with Crippen LogP contribution >= 0.6 is 0 Å². The van der Waals surface area contributed by atoms with E-state index in [0.29, 0.717) is 18.8 Å². The Morgan fingerprint density at radius 1 is 1.27 bits per heavy atom. The van der Waals surface area contributed by atoms with Crippen LogP contribution in [-0.4, -0.2) is 53.8 Å². The molecule has 2 saturated heterocycles. The van der Waals surface area contributed by atoms with E-state index in [2.05, 4.69) is 18.0 Å². The van der Waals surface area contributed by atoms with Crippen molar-refractivity contribution in [1.82, 2.24) is 14.9 Å². The topological polar surface area (TPSA) is 83.1 Å². The van der Waals surface area contributed by atoms with Crippen molar-refractivity contribution in [1.29, 1.82) is 0 Å². The van der Waals surface area contributed by atoms with Crippen molar-refractivity contribution in [3.8, 4) is 0 Å². The summed E-state index contributed by atoms with van der Waals surface area (Å²) in [4.78, 5) is 22.6. The second kappa shape index (κ2) is 6.68. The number of fused-ring (bicyclic) bond motifs is 1. The van der Waals surface area contributed by atoms with Crippen LogP contribution in [0.25, 0.3) is 11.0 Å². The third-order valence-corrected chi connectivity index (χ3v) is 7.59. The summed E-state index contributed by atoms with van der Waals surface area (Å²) in [5, 5.41) is 0. The molecule has 2 fully saturated rings. The van der Waals surface area contributed by atoms with Gasteiger partial charge in [0, 0.05) is 25.4 Å². The number of aromatic amines is 1. The number of amides is 1. The van der Waals surface area contributed by atoms with Crippen LogP contribution < -0.4 is 0 Å². The van der Waals surface area contributed by atoms with Crippen LogP contribution in [0.2, 0.25) is 0 Å². The predicted octanol–water partition coefficient (Wildman–Crippen LogP) is 2.40. The number of benzene rings is 1. The van der Waals surface area contributed by atoms with E-state index in [-0.39, 0.29) is 23.3 Å². The second-order valence-corrected chi connectivity index (χ2v) is 9.95. The van der Waals surface area contributed by atoms with Gasteiger partial charge in [0.25, 0.3) is 0 Å². The Bertz CT molecular complexity index is 927. The summed E-state index contributed by atoms with van der Waals surface area (Å²) in [5.41, 5.74) is 3.27. The average Bonchev–Trinajstić information content (AvgIpc) is 3.19. The molecule has 1 atom stereocenters. The van der Waals surface area contributed by atoms with Gasteiger partial charge in [0.05, 0.1) is 22.5 Å². The lowest BCUT2D eigenvalue weighted by Crippen LogP contribution is -2.39. The molecule has 2 aliphatic rings. The van der Waals surface area contributed by atoms with Crippen LogP contribution in [0.5, 0.6) is 0 Å².